The Morgan fingerprint density at radius 3 is 1.81 bits per heavy atom. The van der Waals surface area contributed by atoms with Crippen LogP contribution in [0.4, 0.5) is 8.78 Å². The van der Waals surface area contributed by atoms with E-state index in [-0.39, 0.29) is 17.9 Å². The summed E-state index contributed by atoms with van der Waals surface area (Å²) in [4.78, 5) is 15.8. The molecule has 0 bridgehead atoms. The van der Waals surface area contributed by atoms with Gasteiger partial charge in [-0.05, 0) is 65.9 Å². The molecule has 0 radical (unpaired) electrons. The molecule has 2 aliphatic rings. The third-order valence-electron chi connectivity index (χ3n) is 7.30. The van der Waals surface area contributed by atoms with E-state index in [0.29, 0.717) is 28.7 Å². The van der Waals surface area contributed by atoms with Gasteiger partial charge < -0.3 is 0 Å². The summed E-state index contributed by atoms with van der Waals surface area (Å²) in [7, 11) is 0. The van der Waals surface area contributed by atoms with E-state index in [9.17, 15) is 13.6 Å². The van der Waals surface area contributed by atoms with Gasteiger partial charge in [0.15, 0.2) is 0 Å². The minimum Gasteiger partial charge on any atom is -0.292 e. The van der Waals surface area contributed by atoms with Gasteiger partial charge in [-0.3, -0.25) is 15.1 Å². The third kappa shape index (κ3) is 6.15. The molecule has 0 aromatic heterocycles. The summed E-state index contributed by atoms with van der Waals surface area (Å²) >= 11 is 12.3. The lowest BCUT2D eigenvalue weighted by Crippen LogP contribution is -2.55. The molecule has 1 N–H and O–H groups in total. The van der Waals surface area contributed by atoms with E-state index in [1.165, 1.54) is 12.1 Å². The smallest absolute Gasteiger partial charge is 0.242 e. The lowest BCUT2D eigenvalue weighted by Gasteiger charge is -2.47. The van der Waals surface area contributed by atoms with Crippen LogP contribution in [0.3, 0.4) is 0 Å². The van der Waals surface area contributed by atoms with Gasteiger partial charge in [-0.1, -0.05) is 53.9 Å². The molecule has 0 aliphatic carbocycles. The zero-order valence-electron chi connectivity index (χ0n) is 20.3. The maximum Gasteiger partial charge on any atom is 0.242 e. The Balaban J connectivity index is 1.41. The van der Waals surface area contributed by atoms with Crippen molar-refractivity contribution < 1.29 is 13.6 Å². The maximum absolute atomic E-state index is 14.2. The summed E-state index contributed by atoms with van der Waals surface area (Å²) in [5.41, 5.74) is 5.53. The molecular formula is C29H29Cl2F2N3O. The van der Waals surface area contributed by atoms with Crippen LogP contribution >= 0.6 is 23.2 Å². The van der Waals surface area contributed by atoms with Crippen molar-refractivity contribution in [1.82, 2.24) is 15.3 Å². The van der Waals surface area contributed by atoms with Crippen LogP contribution in [-0.4, -0.2) is 42.0 Å². The van der Waals surface area contributed by atoms with E-state index in [1.54, 1.807) is 0 Å². The topological polar surface area (TPSA) is 35.6 Å². The van der Waals surface area contributed by atoms with Crippen molar-refractivity contribution in [3.05, 3.63) is 105 Å². The van der Waals surface area contributed by atoms with Gasteiger partial charge in [0, 0.05) is 48.2 Å². The van der Waals surface area contributed by atoms with Gasteiger partial charge >= 0.3 is 0 Å². The molecule has 2 aliphatic heterocycles. The fourth-order valence-corrected chi connectivity index (χ4v) is 5.75. The van der Waals surface area contributed by atoms with Crippen LogP contribution < -0.4 is 5.43 Å². The van der Waals surface area contributed by atoms with Crippen LogP contribution in [0.15, 0.2) is 66.7 Å². The van der Waals surface area contributed by atoms with Gasteiger partial charge in [-0.2, -0.15) is 0 Å². The first-order chi connectivity index (χ1) is 17.9. The number of amides is 1. The minimum atomic E-state index is -0.679. The second-order valence-electron chi connectivity index (χ2n) is 9.92. The minimum absolute atomic E-state index is 0.0687. The first-order valence-corrected chi connectivity index (χ1v) is 13.4. The molecule has 0 saturated carbocycles. The quantitative estimate of drug-likeness (QED) is 0.365. The number of likely N-dealkylation sites (tertiary alicyclic amines) is 1. The van der Waals surface area contributed by atoms with Crippen molar-refractivity contribution in [2.75, 3.05) is 26.2 Å². The number of hydrazine groups is 1. The SMILES string of the molecule is O=C(NN1CCCCC1)C(c1cc(F)cc(F)c1)C1CN(C(c2ccc(Cl)cc2)c2ccc(Cl)cc2)C1. The maximum atomic E-state index is 14.2. The van der Waals surface area contributed by atoms with E-state index >= 15 is 0 Å². The molecule has 194 valence electrons. The number of hydrogen-bond donors (Lipinski definition) is 1. The highest BCUT2D eigenvalue weighted by molar-refractivity contribution is 6.30. The van der Waals surface area contributed by atoms with Crippen LogP contribution in [0.25, 0.3) is 0 Å². The lowest BCUT2D eigenvalue weighted by molar-refractivity contribution is -0.131. The molecule has 5 rings (SSSR count). The third-order valence-corrected chi connectivity index (χ3v) is 7.80. The standard InChI is InChI=1S/C29H29Cl2F2N3O/c30-23-8-4-19(5-9-23)28(20-6-10-24(31)11-7-20)35-17-22(18-35)27(21-14-25(32)16-26(33)15-21)29(37)34-36-12-2-1-3-13-36/h4-11,14-16,22,27-28H,1-3,12-13,17-18H2,(H,34,37). The zero-order chi connectivity index (χ0) is 25.9. The Morgan fingerprint density at radius 2 is 1.30 bits per heavy atom. The second-order valence-corrected chi connectivity index (χ2v) is 10.8. The summed E-state index contributed by atoms with van der Waals surface area (Å²) in [6.07, 6.45) is 3.17. The van der Waals surface area contributed by atoms with E-state index in [4.69, 9.17) is 23.2 Å². The van der Waals surface area contributed by atoms with E-state index < -0.39 is 17.6 Å². The molecule has 3 aromatic rings. The van der Waals surface area contributed by atoms with Gasteiger partial charge in [-0.15, -0.1) is 0 Å². The molecule has 2 heterocycles. The summed E-state index contributed by atoms with van der Waals surface area (Å²) < 4.78 is 28.4. The number of hydrogen-bond acceptors (Lipinski definition) is 3. The number of nitrogens with zero attached hydrogens (tertiary/aromatic N) is 2. The van der Waals surface area contributed by atoms with Crippen molar-refractivity contribution in [2.45, 2.75) is 31.2 Å². The Hall–Kier alpha value is -2.51. The predicted octanol–water partition coefficient (Wildman–Crippen LogP) is 6.59. The van der Waals surface area contributed by atoms with Crippen molar-refractivity contribution >= 4 is 29.1 Å². The molecule has 1 unspecified atom stereocenters. The summed E-state index contributed by atoms with van der Waals surface area (Å²) in [5, 5.41) is 3.24. The molecule has 1 atom stereocenters. The molecule has 8 heteroatoms. The van der Waals surface area contributed by atoms with Gasteiger partial charge in [0.25, 0.3) is 0 Å². The average molecular weight is 544 g/mol. The fraction of sp³-hybridized carbons (Fsp3) is 0.345. The van der Waals surface area contributed by atoms with Gasteiger partial charge in [0.1, 0.15) is 11.6 Å². The number of piperidine rings is 1. The molecule has 4 nitrogen and oxygen atoms in total. The monoisotopic (exact) mass is 543 g/mol. The Kier molecular flexibility index (Phi) is 8.10. The molecular weight excluding hydrogens is 515 g/mol. The number of benzene rings is 3. The van der Waals surface area contributed by atoms with Crippen LogP contribution in [-0.2, 0) is 4.79 Å². The summed E-state index contributed by atoms with van der Waals surface area (Å²) in [5.74, 6) is -2.34. The molecule has 1 amide bonds. The van der Waals surface area contributed by atoms with E-state index in [0.717, 1.165) is 49.5 Å². The molecule has 2 saturated heterocycles. The summed E-state index contributed by atoms with van der Waals surface area (Å²) in [6.45, 7) is 2.74. The normalized spacial score (nSPS) is 18.0. The number of halogens is 4. The largest absolute Gasteiger partial charge is 0.292 e. The zero-order valence-corrected chi connectivity index (χ0v) is 21.9. The van der Waals surface area contributed by atoms with Gasteiger partial charge in [0.05, 0.1) is 12.0 Å². The highest BCUT2D eigenvalue weighted by Gasteiger charge is 2.42. The highest BCUT2D eigenvalue weighted by Crippen LogP contribution is 2.40. The van der Waals surface area contributed by atoms with Crippen LogP contribution in [0, 0.1) is 17.6 Å². The molecule has 2 fully saturated rings. The van der Waals surface area contributed by atoms with Crippen LogP contribution in [0.5, 0.6) is 0 Å². The number of carbonyl (C=O) groups is 1. The highest BCUT2D eigenvalue weighted by atomic mass is 35.5. The average Bonchev–Trinajstić information content (AvgIpc) is 2.84. The fourth-order valence-electron chi connectivity index (χ4n) is 5.50. The molecule has 0 spiro atoms. The number of carbonyl (C=O) groups excluding carboxylic acids is 1. The van der Waals surface area contributed by atoms with Gasteiger partial charge in [0.2, 0.25) is 5.91 Å². The Bertz CT molecular complexity index is 1160. The van der Waals surface area contributed by atoms with Crippen molar-refractivity contribution in [2.24, 2.45) is 5.92 Å². The molecule has 3 aromatic carbocycles. The molecule has 37 heavy (non-hydrogen) atoms. The first-order valence-electron chi connectivity index (χ1n) is 12.6. The Labute approximate surface area is 226 Å². The number of nitrogens with one attached hydrogen (secondary N) is 1. The van der Waals surface area contributed by atoms with Gasteiger partial charge in [-0.25, -0.2) is 13.8 Å². The first kappa shape index (κ1) is 26.1. The van der Waals surface area contributed by atoms with Crippen LogP contribution in [0.1, 0.15) is 47.9 Å². The summed E-state index contributed by atoms with van der Waals surface area (Å²) in [6, 6.07) is 18.8. The Morgan fingerprint density at radius 1 is 0.784 bits per heavy atom. The van der Waals surface area contributed by atoms with Crippen molar-refractivity contribution in [3.63, 3.8) is 0 Å². The number of rotatable bonds is 7. The predicted molar refractivity (Wildman–Crippen MR) is 142 cm³/mol. The van der Waals surface area contributed by atoms with Crippen molar-refractivity contribution in [3.8, 4) is 0 Å². The van der Waals surface area contributed by atoms with E-state index in [2.05, 4.69) is 10.3 Å². The van der Waals surface area contributed by atoms with E-state index in [1.807, 2.05) is 53.5 Å². The van der Waals surface area contributed by atoms with Crippen LogP contribution in [0.2, 0.25) is 10.0 Å². The van der Waals surface area contributed by atoms with Crippen molar-refractivity contribution in [1.29, 1.82) is 0 Å². The second kappa shape index (κ2) is 11.5. The lowest BCUT2D eigenvalue weighted by atomic mass is 9.78.